The average molecular weight is 253 g/mol. The molecule has 1 heterocycles. The van der Waals surface area contributed by atoms with Crippen molar-refractivity contribution >= 4 is 0 Å². The third kappa shape index (κ3) is 2.27. The van der Waals surface area contributed by atoms with Crippen molar-refractivity contribution in [3.63, 3.8) is 0 Å². The molecule has 1 aromatic carbocycles. The Balaban J connectivity index is 1.75. The molecule has 1 aliphatic heterocycles. The van der Waals surface area contributed by atoms with Crippen LogP contribution in [0.4, 0.5) is 8.78 Å². The van der Waals surface area contributed by atoms with E-state index >= 15 is 0 Å². The number of rotatable bonds is 3. The Bertz CT molecular complexity index is 408. The number of hydrogen-bond acceptors (Lipinski definition) is 2. The molecule has 2 aliphatic rings. The van der Waals surface area contributed by atoms with Crippen molar-refractivity contribution < 1.29 is 13.5 Å². The molecule has 98 valence electrons. The summed E-state index contributed by atoms with van der Waals surface area (Å²) in [7, 11) is 0. The van der Waals surface area contributed by atoms with E-state index < -0.39 is 11.8 Å². The molecule has 1 aliphatic carbocycles. The number of ether oxygens (including phenoxy) is 1. The highest BCUT2D eigenvalue weighted by atomic mass is 19.3. The number of halogens is 2. The lowest BCUT2D eigenvalue weighted by molar-refractivity contribution is -0.0286. The fourth-order valence-corrected chi connectivity index (χ4v) is 2.38. The minimum atomic E-state index is -2.66. The number of morpholine rings is 1. The Morgan fingerprint density at radius 3 is 2.44 bits per heavy atom. The zero-order valence-electron chi connectivity index (χ0n) is 10.2. The van der Waals surface area contributed by atoms with Gasteiger partial charge in [0.2, 0.25) is 0 Å². The van der Waals surface area contributed by atoms with Crippen LogP contribution >= 0.6 is 0 Å². The van der Waals surface area contributed by atoms with E-state index in [0.717, 1.165) is 18.7 Å². The van der Waals surface area contributed by atoms with Crippen molar-refractivity contribution in [2.24, 2.45) is 5.92 Å². The molecule has 0 radical (unpaired) electrons. The quantitative estimate of drug-likeness (QED) is 0.894. The van der Waals surface area contributed by atoms with Crippen LogP contribution in [-0.2, 0) is 10.7 Å². The zero-order chi connectivity index (χ0) is 12.6. The first-order valence-corrected chi connectivity index (χ1v) is 6.48. The van der Waals surface area contributed by atoms with Crippen LogP contribution in [0.2, 0.25) is 0 Å². The number of hydrogen-bond donors (Lipinski definition) is 1. The molecule has 18 heavy (non-hydrogen) atoms. The van der Waals surface area contributed by atoms with Crippen molar-refractivity contribution in [2.45, 2.75) is 24.9 Å². The van der Waals surface area contributed by atoms with Gasteiger partial charge in [-0.1, -0.05) is 24.3 Å². The van der Waals surface area contributed by atoms with Crippen LogP contribution in [0, 0.1) is 5.92 Å². The van der Waals surface area contributed by atoms with Gasteiger partial charge in [0.15, 0.2) is 0 Å². The van der Waals surface area contributed by atoms with Crippen LogP contribution in [-0.4, -0.2) is 19.7 Å². The highest BCUT2D eigenvalue weighted by Crippen LogP contribution is 2.49. The molecule has 1 N–H and O–H groups in total. The third-order valence-electron chi connectivity index (χ3n) is 3.69. The highest BCUT2D eigenvalue weighted by molar-refractivity contribution is 5.28. The molecule has 1 aromatic rings. The van der Waals surface area contributed by atoms with Crippen LogP contribution in [0.25, 0.3) is 0 Å². The smallest absolute Gasteiger partial charge is 0.276 e. The van der Waals surface area contributed by atoms with E-state index in [0.29, 0.717) is 19.4 Å². The van der Waals surface area contributed by atoms with Crippen LogP contribution < -0.4 is 5.32 Å². The molecule has 4 heteroatoms. The van der Waals surface area contributed by atoms with Crippen molar-refractivity contribution in [1.29, 1.82) is 0 Å². The predicted octanol–water partition coefficient (Wildman–Crippen LogP) is 2.85. The third-order valence-corrected chi connectivity index (χ3v) is 3.69. The molecule has 0 bridgehead atoms. The summed E-state index contributed by atoms with van der Waals surface area (Å²) >= 11 is 0. The maximum atomic E-state index is 13.9. The SMILES string of the molecule is FC(F)(c1ccc(C2CNCCO2)cc1)C1CC1. The summed E-state index contributed by atoms with van der Waals surface area (Å²) in [6.45, 7) is 2.28. The fourth-order valence-electron chi connectivity index (χ4n) is 2.38. The minimum Gasteiger partial charge on any atom is -0.371 e. The van der Waals surface area contributed by atoms with E-state index in [-0.39, 0.29) is 11.7 Å². The molecule has 0 amide bonds. The van der Waals surface area contributed by atoms with Gasteiger partial charge in [0.1, 0.15) is 0 Å². The summed E-state index contributed by atoms with van der Waals surface area (Å²) < 4.78 is 33.3. The van der Waals surface area contributed by atoms with Gasteiger partial charge < -0.3 is 10.1 Å². The minimum absolute atomic E-state index is 0.0117. The molecule has 0 aromatic heterocycles. The van der Waals surface area contributed by atoms with Crippen LogP contribution in [0.1, 0.15) is 30.1 Å². The molecule has 1 atom stereocenters. The lowest BCUT2D eigenvalue weighted by Gasteiger charge is -2.24. The molecule has 1 unspecified atom stereocenters. The van der Waals surface area contributed by atoms with Gasteiger partial charge in [-0.15, -0.1) is 0 Å². The maximum Gasteiger partial charge on any atom is 0.276 e. The topological polar surface area (TPSA) is 21.3 Å². The van der Waals surface area contributed by atoms with Gasteiger partial charge in [0.05, 0.1) is 12.7 Å². The van der Waals surface area contributed by atoms with Crippen molar-refractivity contribution in [2.75, 3.05) is 19.7 Å². The summed E-state index contributed by atoms with van der Waals surface area (Å²) in [5.74, 6) is -3.11. The highest BCUT2D eigenvalue weighted by Gasteiger charge is 2.47. The predicted molar refractivity (Wildman–Crippen MR) is 64.6 cm³/mol. The molecule has 1 saturated carbocycles. The van der Waals surface area contributed by atoms with E-state index in [1.165, 1.54) is 0 Å². The Labute approximate surface area is 105 Å². The summed E-state index contributed by atoms with van der Waals surface area (Å²) in [5, 5.41) is 3.23. The first-order chi connectivity index (χ1) is 8.68. The monoisotopic (exact) mass is 253 g/mol. The zero-order valence-corrected chi connectivity index (χ0v) is 10.2. The van der Waals surface area contributed by atoms with E-state index in [4.69, 9.17) is 4.74 Å². The number of nitrogens with one attached hydrogen (secondary N) is 1. The summed E-state index contributed by atoms with van der Waals surface area (Å²) in [4.78, 5) is 0. The first-order valence-electron chi connectivity index (χ1n) is 6.48. The van der Waals surface area contributed by atoms with E-state index in [1.54, 1.807) is 24.3 Å². The lowest BCUT2D eigenvalue weighted by Crippen LogP contribution is -2.33. The maximum absolute atomic E-state index is 13.9. The lowest BCUT2D eigenvalue weighted by atomic mass is 10.0. The molecule has 3 rings (SSSR count). The standard InChI is InChI=1S/C14H17F2NO/c15-14(16,12-5-6-12)11-3-1-10(2-4-11)13-9-17-7-8-18-13/h1-4,12-13,17H,5-9H2. The van der Waals surface area contributed by atoms with Crippen molar-refractivity contribution in [3.8, 4) is 0 Å². The Morgan fingerprint density at radius 2 is 1.89 bits per heavy atom. The molecular weight excluding hydrogens is 236 g/mol. The van der Waals surface area contributed by atoms with E-state index in [2.05, 4.69) is 5.32 Å². The van der Waals surface area contributed by atoms with Gasteiger partial charge in [-0.3, -0.25) is 0 Å². The summed E-state index contributed by atoms with van der Waals surface area (Å²) in [5.41, 5.74) is 1.11. The largest absolute Gasteiger partial charge is 0.371 e. The Morgan fingerprint density at radius 1 is 1.17 bits per heavy atom. The van der Waals surface area contributed by atoms with Gasteiger partial charge in [0, 0.05) is 24.6 Å². The molecule has 1 saturated heterocycles. The van der Waals surface area contributed by atoms with Crippen LogP contribution in [0.15, 0.2) is 24.3 Å². The average Bonchev–Trinajstić information content (AvgIpc) is 3.25. The summed E-state index contributed by atoms with van der Waals surface area (Å²) in [6, 6.07) is 6.63. The van der Waals surface area contributed by atoms with Gasteiger partial charge in [-0.05, 0) is 18.4 Å². The van der Waals surface area contributed by atoms with Crippen molar-refractivity contribution in [1.82, 2.24) is 5.32 Å². The van der Waals surface area contributed by atoms with Gasteiger partial charge in [-0.25, -0.2) is 8.78 Å². The molecule has 2 nitrogen and oxygen atoms in total. The second-order valence-corrected chi connectivity index (χ2v) is 5.08. The van der Waals surface area contributed by atoms with Gasteiger partial charge >= 0.3 is 0 Å². The molecule has 0 spiro atoms. The normalized spacial score (nSPS) is 25.1. The van der Waals surface area contributed by atoms with Crippen LogP contribution in [0.5, 0.6) is 0 Å². The first kappa shape index (κ1) is 12.1. The fraction of sp³-hybridized carbons (Fsp3) is 0.571. The molecular formula is C14H17F2NO. The van der Waals surface area contributed by atoms with Gasteiger partial charge in [0.25, 0.3) is 5.92 Å². The van der Waals surface area contributed by atoms with Crippen molar-refractivity contribution in [3.05, 3.63) is 35.4 Å². The second-order valence-electron chi connectivity index (χ2n) is 5.08. The Hall–Kier alpha value is -1.00. The van der Waals surface area contributed by atoms with Crippen LogP contribution in [0.3, 0.4) is 0 Å². The van der Waals surface area contributed by atoms with E-state index in [1.807, 2.05) is 0 Å². The Kier molecular flexibility index (Phi) is 3.08. The number of alkyl halides is 2. The second kappa shape index (κ2) is 4.59. The van der Waals surface area contributed by atoms with Gasteiger partial charge in [-0.2, -0.15) is 0 Å². The summed E-state index contributed by atoms with van der Waals surface area (Å²) in [6.07, 6.45) is 1.27. The number of benzene rings is 1. The van der Waals surface area contributed by atoms with E-state index in [9.17, 15) is 8.78 Å². The molecule has 2 fully saturated rings.